The van der Waals surface area contributed by atoms with Gasteiger partial charge in [0, 0.05) is 7.11 Å². The summed E-state index contributed by atoms with van der Waals surface area (Å²) in [4.78, 5) is 0. The van der Waals surface area contributed by atoms with E-state index in [1.165, 1.54) is 5.56 Å². The second kappa shape index (κ2) is 7.22. The molecule has 0 saturated heterocycles. The van der Waals surface area contributed by atoms with E-state index in [9.17, 15) is 5.11 Å². The van der Waals surface area contributed by atoms with Gasteiger partial charge in [-0.25, -0.2) is 0 Å². The molecule has 0 heterocycles. The first kappa shape index (κ1) is 13.0. The maximum atomic E-state index is 9.38. The van der Waals surface area contributed by atoms with Gasteiger partial charge in [0.05, 0.1) is 6.61 Å². The van der Waals surface area contributed by atoms with E-state index < -0.39 is 6.10 Å². The quantitative estimate of drug-likeness (QED) is 0.712. The second-order valence-corrected chi connectivity index (χ2v) is 3.60. The average Bonchev–Trinajstić information content (AvgIpc) is 2.29. The van der Waals surface area contributed by atoms with E-state index in [1.54, 1.807) is 7.11 Å². The number of rotatable bonds is 7. The molecule has 0 aliphatic heterocycles. The van der Waals surface area contributed by atoms with Crippen molar-refractivity contribution in [3.63, 3.8) is 0 Å². The van der Waals surface area contributed by atoms with Crippen molar-refractivity contribution >= 4 is 0 Å². The molecule has 1 atom stereocenters. The lowest BCUT2D eigenvalue weighted by Gasteiger charge is -2.11. The zero-order valence-corrected chi connectivity index (χ0v) is 9.56. The summed E-state index contributed by atoms with van der Waals surface area (Å²) in [6.45, 7) is 1.17. The molecule has 0 amide bonds. The SMILES string of the molecule is COCC(O)COc1ccc(CCN)cc1. The minimum Gasteiger partial charge on any atom is -0.491 e. The predicted molar refractivity (Wildman–Crippen MR) is 62.6 cm³/mol. The van der Waals surface area contributed by atoms with Crippen molar-refractivity contribution in [3.8, 4) is 5.75 Å². The van der Waals surface area contributed by atoms with Crippen molar-refractivity contribution in [3.05, 3.63) is 29.8 Å². The van der Waals surface area contributed by atoms with Gasteiger partial charge < -0.3 is 20.3 Å². The van der Waals surface area contributed by atoms with Crippen LogP contribution < -0.4 is 10.5 Å². The summed E-state index contributed by atoms with van der Waals surface area (Å²) in [6, 6.07) is 7.71. The lowest BCUT2D eigenvalue weighted by atomic mass is 10.1. The molecule has 1 rings (SSSR count). The molecule has 1 aromatic rings. The Morgan fingerprint density at radius 3 is 2.50 bits per heavy atom. The van der Waals surface area contributed by atoms with E-state index in [2.05, 4.69) is 0 Å². The van der Waals surface area contributed by atoms with E-state index in [0.717, 1.165) is 12.2 Å². The fourth-order valence-electron chi connectivity index (χ4n) is 1.35. The van der Waals surface area contributed by atoms with Gasteiger partial charge in [0.1, 0.15) is 18.5 Å². The summed E-state index contributed by atoms with van der Waals surface area (Å²) in [5.74, 6) is 0.746. The zero-order chi connectivity index (χ0) is 11.8. The summed E-state index contributed by atoms with van der Waals surface area (Å²) in [5, 5.41) is 9.38. The van der Waals surface area contributed by atoms with E-state index in [0.29, 0.717) is 6.54 Å². The van der Waals surface area contributed by atoms with Crippen molar-refractivity contribution in [2.75, 3.05) is 26.9 Å². The normalized spacial score (nSPS) is 12.4. The molecule has 0 spiro atoms. The number of hydrogen-bond donors (Lipinski definition) is 2. The molecule has 0 radical (unpaired) electrons. The van der Waals surface area contributed by atoms with Crippen LogP contribution in [0.3, 0.4) is 0 Å². The number of methoxy groups -OCH3 is 1. The largest absolute Gasteiger partial charge is 0.491 e. The molecular weight excluding hydrogens is 206 g/mol. The molecule has 0 aliphatic rings. The Morgan fingerprint density at radius 2 is 1.94 bits per heavy atom. The number of hydrogen-bond acceptors (Lipinski definition) is 4. The maximum Gasteiger partial charge on any atom is 0.119 e. The Bertz CT molecular complexity index is 287. The van der Waals surface area contributed by atoms with Crippen molar-refractivity contribution in [2.24, 2.45) is 5.73 Å². The average molecular weight is 225 g/mol. The van der Waals surface area contributed by atoms with Gasteiger partial charge in [-0.15, -0.1) is 0 Å². The summed E-state index contributed by atoms with van der Waals surface area (Å²) >= 11 is 0. The highest BCUT2D eigenvalue weighted by molar-refractivity contribution is 5.27. The summed E-state index contributed by atoms with van der Waals surface area (Å²) in [7, 11) is 1.55. The smallest absolute Gasteiger partial charge is 0.119 e. The highest BCUT2D eigenvalue weighted by Crippen LogP contribution is 2.12. The second-order valence-electron chi connectivity index (χ2n) is 3.60. The Kier molecular flexibility index (Phi) is 5.85. The molecule has 3 N–H and O–H groups in total. The molecule has 90 valence electrons. The third kappa shape index (κ3) is 4.61. The van der Waals surface area contributed by atoms with Crippen LogP contribution >= 0.6 is 0 Å². The van der Waals surface area contributed by atoms with Crippen LogP contribution in [-0.2, 0) is 11.2 Å². The Balaban J connectivity index is 2.37. The van der Waals surface area contributed by atoms with Gasteiger partial charge in [0.15, 0.2) is 0 Å². The van der Waals surface area contributed by atoms with Crippen LogP contribution in [0.4, 0.5) is 0 Å². The van der Waals surface area contributed by atoms with Gasteiger partial charge in [-0.1, -0.05) is 12.1 Å². The van der Waals surface area contributed by atoms with E-state index in [4.69, 9.17) is 15.2 Å². The lowest BCUT2D eigenvalue weighted by molar-refractivity contribution is 0.0325. The fourth-order valence-corrected chi connectivity index (χ4v) is 1.35. The van der Waals surface area contributed by atoms with Crippen LogP contribution in [0.2, 0.25) is 0 Å². The van der Waals surface area contributed by atoms with Gasteiger partial charge >= 0.3 is 0 Å². The minimum atomic E-state index is -0.589. The molecule has 1 aromatic carbocycles. The predicted octanol–water partition coefficient (Wildman–Crippen LogP) is 0.574. The molecule has 0 bridgehead atoms. The third-order valence-corrected chi connectivity index (χ3v) is 2.16. The number of aliphatic hydroxyl groups excluding tert-OH is 1. The zero-order valence-electron chi connectivity index (χ0n) is 9.56. The van der Waals surface area contributed by atoms with Crippen LogP contribution in [0.25, 0.3) is 0 Å². The van der Waals surface area contributed by atoms with Gasteiger partial charge in [0.2, 0.25) is 0 Å². The molecule has 0 fully saturated rings. The van der Waals surface area contributed by atoms with Gasteiger partial charge in [-0.05, 0) is 30.7 Å². The van der Waals surface area contributed by atoms with Gasteiger partial charge in [-0.3, -0.25) is 0 Å². The van der Waals surface area contributed by atoms with Crippen molar-refractivity contribution in [1.82, 2.24) is 0 Å². The van der Waals surface area contributed by atoms with Crippen molar-refractivity contribution < 1.29 is 14.6 Å². The van der Waals surface area contributed by atoms with Crippen LogP contribution in [0.1, 0.15) is 5.56 Å². The van der Waals surface area contributed by atoms with E-state index >= 15 is 0 Å². The highest BCUT2D eigenvalue weighted by atomic mass is 16.5. The Morgan fingerprint density at radius 1 is 1.25 bits per heavy atom. The number of benzene rings is 1. The van der Waals surface area contributed by atoms with E-state index in [-0.39, 0.29) is 13.2 Å². The topological polar surface area (TPSA) is 64.7 Å². The van der Waals surface area contributed by atoms with Crippen LogP contribution in [0, 0.1) is 0 Å². The monoisotopic (exact) mass is 225 g/mol. The van der Waals surface area contributed by atoms with Crippen molar-refractivity contribution in [1.29, 1.82) is 0 Å². The molecule has 0 aliphatic carbocycles. The van der Waals surface area contributed by atoms with E-state index in [1.807, 2.05) is 24.3 Å². The Hall–Kier alpha value is -1.10. The van der Waals surface area contributed by atoms with Crippen LogP contribution in [-0.4, -0.2) is 38.1 Å². The summed E-state index contributed by atoms with van der Waals surface area (Å²) in [5.41, 5.74) is 6.64. The molecular formula is C12H19NO3. The molecule has 16 heavy (non-hydrogen) atoms. The molecule has 1 unspecified atom stereocenters. The first-order valence-corrected chi connectivity index (χ1v) is 5.35. The number of nitrogens with two attached hydrogens (primary N) is 1. The molecule has 4 nitrogen and oxygen atoms in total. The van der Waals surface area contributed by atoms with Gasteiger partial charge in [-0.2, -0.15) is 0 Å². The molecule has 0 aromatic heterocycles. The van der Waals surface area contributed by atoms with Crippen LogP contribution in [0.5, 0.6) is 5.75 Å². The van der Waals surface area contributed by atoms with Gasteiger partial charge in [0.25, 0.3) is 0 Å². The Labute approximate surface area is 96.0 Å². The first-order valence-electron chi connectivity index (χ1n) is 5.35. The third-order valence-electron chi connectivity index (χ3n) is 2.16. The summed E-state index contributed by atoms with van der Waals surface area (Å²) in [6.07, 6.45) is 0.278. The molecule has 4 heteroatoms. The number of ether oxygens (including phenoxy) is 2. The lowest BCUT2D eigenvalue weighted by Crippen LogP contribution is -2.22. The number of aliphatic hydroxyl groups is 1. The van der Waals surface area contributed by atoms with Crippen LogP contribution in [0.15, 0.2) is 24.3 Å². The standard InChI is InChI=1S/C12H19NO3/c1-15-8-11(14)9-16-12-4-2-10(3-5-12)6-7-13/h2-5,11,14H,6-9,13H2,1H3. The summed E-state index contributed by atoms with van der Waals surface area (Å²) < 4.78 is 10.2. The highest BCUT2D eigenvalue weighted by Gasteiger charge is 2.04. The minimum absolute atomic E-state index is 0.240. The first-order chi connectivity index (χ1) is 7.76. The van der Waals surface area contributed by atoms with Crippen molar-refractivity contribution in [2.45, 2.75) is 12.5 Å². The maximum absolute atomic E-state index is 9.38. The molecule has 0 saturated carbocycles. The fraction of sp³-hybridized carbons (Fsp3) is 0.500.